The molecule has 0 unspecified atom stereocenters. The summed E-state index contributed by atoms with van der Waals surface area (Å²) in [6.45, 7) is 8.79. The molecule has 1 saturated heterocycles. The second kappa shape index (κ2) is 12.3. The number of pyridine rings is 1. The molecular weight excluding hydrogens is 452 g/mol. The van der Waals surface area contributed by atoms with Gasteiger partial charge in [0.1, 0.15) is 17.8 Å². The monoisotopic (exact) mass is 488 g/mol. The molecule has 3 heterocycles. The van der Waals surface area contributed by atoms with E-state index in [0.29, 0.717) is 38.4 Å². The highest BCUT2D eigenvalue weighted by Crippen LogP contribution is 2.27. The minimum Gasteiger partial charge on any atom is -0.472 e. The van der Waals surface area contributed by atoms with E-state index in [1.54, 1.807) is 36.8 Å². The van der Waals surface area contributed by atoms with Gasteiger partial charge in [0.25, 0.3) is 5.91 Å². The van der Waals surface area contributed by atoms with Crippen LogP contribution in [-0.4, -0.2) is 120 Å². The molecule has 0 bridgehead atoms. The fraction of sp³-hybridized carbons (Fsp3) is 0.640. The summed E-state index contributed by atoms with van der Waals surface area (Å²) in [5.41, 5.74) is 0.711. The van der Waals surface area contributed by atoms with Crippen LogP contribution in [0.1, 0.15) is 36.7 Å². The molecule has 0 aliphatic carbocycles. The topological polar surface area (TPSA) is 116 Å². The van der Waals surface area contributed by atoms with Crippen molar-refractivity contribution in [1.29, 1.82) is 0 Å². The lowest BCUT2D eigenvalue weighted by atomic mass is 10.00. The summed E-state index contributed by atoms with van der Waals surface area (Å²) in [6.07, 6.45) is 0.263. The number of nitrogens with zero attached hydrogens (tertiary/aromatic N) is 4. The summed E-state index contributed by atoms with van der Waals surface area (Å²) in [5.74, 6) is 5.17. The van der Waals surface area contributed by atoms with E-state index in [2.05, 4.69) is 21.7 Å². The van der Waals surface area contributed by atoms with Gasteiger partial charge in [-0.25, -0.2) is 4.98 Å². The summed E-state index contributed by atoms with van der Waals surface area (Å²) < 4.78 is 11.6. The lowest BCUT2D eigenvalue weighted by Crippen LogP contribution is -2.51. The molecule has 10 nitrogen and oxygen atoms in total. The van der Waals surface area contributed by atoms with Crippen molar-refractivity contribution < 1.29 is 29.3 Å². The molecule has 192 valence electrons. The minimum atomic E-state index is -0.814. The zero-order chi connectivity index (χ0) is 25.5. The molecule has 0 radical (unpaired) electrons. The van der Waals surface area contributed by atoms with Crippen LogP contribution in [0.4, 0.5) is 0 Å². The molecule has 0 spiro atoms. The molecule has 35 heavy (non-hydrogen) atoms. The van der Waals surface area contributed by atoms with Crippen LogP contribution in [0.5, 0.6) is 5.88 Å². The number of fused-ring (bicyclic) bond motifs is 1. The molecule has 0 aromatic carbocycles. The first-order valence-electron chi connectivity index (χ1n) is 12.0. The van der Waals surface area contributed by atoms with Crippen LogP contribution >= 0.6 is 0 Å². The zero-order valence-electron chi connectivity index (χ0n) is 20.9. The van der Waals surface area contributed by atoms with E-state index in [-0.39, 0.29) is 35.8 Å². The molecule has 3 rings (SSSR count). The standard InChI is InChI=1S/C25H36N4O6/c1-17-13-29(18(2)16-30)25(33)21-11-20(6-5-19(3)31)12-26-24(21)35-22(17)14-27(4)23(32)15-28-7-9-34-10-8-28/h11-12,17-19,22,30-31H,7-10,13-16H2,1-4H3/t17-,18+,19-,22+/m1/s1. The highest BCUT2D eigenvalue weighted by atomic mass is 16.5. The van der Waals surface area contributed by atoms with Gasteiger partial charge in [0.2, 0.25) is 11.8 Å². The van der Waals surface area contributed by atoms with Crippen LogP contribution in [0.15, 0.2) is 12.3 Å². The smallest absolute Gasteiger partial charge is 0.259 e. The lowest BCUT2D eigenvalue weighted by Gasteiger charge is -2.38. The van der Waals surface area contributed by atoms with Gasteiger partial charge in [0.15, 0.2) is 0 Å². The van der Waals surface area contributed by atoms with Crippen LogP contribution in [0.2, 0.25) is 0 Å². The second-order valence-corrected chi connectivity index (χ2v) is 9.31. The van der Waals surface area contributed by atoms with E-state index >= 15 is 0 Å². The quantitative estimate of drug-likeness (QED) is 0.530. The predicted molar refractivity (Wildman–Crippen MR) is 129 cm³/mol. The van der Waals surface area contributed by atoms with Crippen molar-refractivity contribution >= 4 is 11.8 Å². The number of aliphatic hydroxyl groups excluding tert-OH is 2. The molecule has 2 N–H and O–H groups in total. The number of morpholine rings is 1. The third-order valence-electron chi connectivity index (χ3n) is 6.29. The first-order chi connectivity index (χ1) is 16.7. The molecule has 2 aliphatic rings. The van der Waals surface area contributed by atoms with E-state index in [0.717, 1.165) is 13.1 Å². The number of amides is 2. The number of aliphatic hydroxyl groups is 2. The number of ether oxygens (including phenoxy) is 2. The molecule has 2 aliphatic heterocycles. The normalized spacial score (nSPS) is 22.6. The van der Waals surface area contributed by atoms with Crippen LogP contribution in [0.3, 0.4) is 0 Å². The molecule has 1 fully saturated rings. The maximum Gasteiger partial charge on any atom is 0.259 e. The number of rotatable bonds is 6. The maximum atomic E-state index is 13.4. The Labute approximate surface area is 206 Å². The maximum absolute atomic E-state index is 13.4. The third-order valence-corrected chi connectivity index (χ3v) is 6.29. The van der Waals surface area contributed by atoms with Crippen molar-refractivity contribution in [2.75, 3.05) is 59.6 Å². The Hall–Kier alpha value is -2.71. The van der Waals surface area contributed by atoms with Crippen LogP contribution < -0.4 is 4.74 Å². The summed E-state index contributed by atoms with van der Waals surface area (Å²) >= 11 is 0. The average Bonchev–Trinajstić information content (AvgIpc) is 2.84. The number of carbonyl (C=O) groups excluding carboxylic acids is 2. The van der Waals surface area contributed by atoms with Gasteiger partial charge in [-0.2, -0.15) is 0 Å². The van der Waals surface area contributed by atoms with E-state index in [9.17, 15) is 19.8 Å². The third kappa shape index (κ3) is 7.15. The van der Waals surface area contributed by atoms with Crippen LogP contribution in [-0.2, 0) is 9.53 Å². The minimum absolute atomic E-state index is 0.0154. The Morgan fingerprint density at radius 1 is 1.34 bits per heavy atom. The SMILES string of the molecule is C[C@@H]1CN([C@@H](C)CO)C(=O)c2cc(C#C[C@@H](C)O)cnc2O[C@H]1CN(C)C(=O)CN1CCOCC1. The van der Waals surface area contributed by atoms with Crippen molar-refractivity contribution in [3.63, 3.8) is 0 Å². The Kier molecular flexibility index (Phi) is 9.46. The predicted octanol–water partition coefficient (Wildman–Crippen LogP) is -0.175. The van der Waals surface area contributed by atoms with Gasteiger partial charge in [-0.1, -0.05) is 18.8 Å². The second-order valence-electron chi connectivity index (χ2n) is 9.31. The molecule has 4 atom stereocenters. The van der Waals surface area contributed by atoms with E-state index < -0.39 is 18.2 Å². The van der Waals surface area contributed by atoms with Crippen LogP contribution in [0.25, 0.3) is 0 Å². The van der Waals surface area contributed by atoms with Crippen molar-refractivity contribution in [3.05, 3.63) is 23.4 Å². The fourth-order valence-corrected chi connectivity index (χ4v) is 4.02. The van der Waals surface area contributed by atoms with Crippen molar-refractivity contribution in [2.24, 2.45) is 5.92 Å². The molecule has 10 heteroatoms. The van der Waals surface area contributed by atoms with E-state index in [4.69, 9.17) is 9.47 Å². The van der Waals surface area contributed by atoms with Crippen molar-refractivity contribution in [3.8, 4) is 17.7 Å². The highest BCUT2D eigenvalue weighted by Gasteiger charge is 2.34. The Balaban J connectivity index is 1.85. The van der Waals surface area contributed by atoms with Gasteiger partial charge in [0, 0.05) is 44.4 Å². The fourth-order valence-electron chi connectivity index (χ4n) is 4.02. The van der Waals surface area contributed by atoms with Gasteiger partial charge in [-0.3, -0.25) is 14.5 Å². The van der Waals surface area contributed by atoms with Crippen molar-refractivity contribution in [2.45, 2.75) is 39.0 Å². The number of likely N-dealkylation sites (N-methyl/N-ethyl adjacent to an activating group) is 1. The summed E-state index contributed by atoms with van der Waals surface area (Å²) in [4.78, 5) is 36.0. The Morgan fingerprint density at radius 3 is 2.71 bits per heavy atom. The first-order valence-corrected chi connectivity index (χ1v) is 12.0. The van der Waals surface area contributed by atoms with E-state index in [1.165, 1.54) is 6.20 Å². The largest absolute Gasteiger partial charge is 0.472 e. The van der Waals surface area contributed by atoms with Gasteiger partial charge < -0.3 is 29.5 Å². The number of hydrogen-bond donors (Lipinski definition) is 2. The number of aromatic nitrogens is 1. The molecular formula is C25H36N4O6. The Morgan fingerprint density at radius 2 is 2.06 bits per heavy atom. The first kappa shape index (κ1) is 26.9. The van der Waals surface area contributed by atoms with Gasteiger partial charge in [-0.15, -0.1) is 0 Å². The van der Waals surface area contributed by atoms with Gasteiger partial charge in [0.05, 0.1) is 39.0 Å². The van der Waals surface area contributed by atoms with Crippen molar-refractivity contribution in [1.82, 2.24) is 19.7 Å². The summed E-state index contributed by atoms with van der Waals surface area (Å²) in [6, 6.07) is 1.18. The lowest BCUT2D eigenvalue weighted by molar-refractivity contribution is -0.133. The van der Waals surface area contributed by atoms with Gasteiger partial charge in [-0.05, 0) is 19.9 Å². The molecule has 2 amide bonds. The molecule has 1 aromatic heterocycles. The number of carbonyl (C=O) groups is 2. The summed E-state index contributed by atoms with van der Waals surface area (Å²) in [5, 5.41) is 19.2. The zero-order valence-corrected chi connectivity index (χ0v) is 20.9. The van der Waals surface area contributed by atoms with Gasteiger partial charge >= 0.3 is 0 Å². The Bertz CT molecular complexity index is 953. The van der Waals surface area contributed by atoms with E-state index in [1.807, 2.05) is 6.92 Å². The summed E-state index contributed by atoms with van der Waals surface area (Å²) in [7, 11) is 1.75. The number of hydrogen-bond acceptors (Lipinski definition) is 8. The highest BCUT2D eigenvalue weighted by molar-refractivity contribution is 5.97. The van der Waals surface area contributed by atoms with Crippen LogP contribution in [0, 0.1) is 17.8 Å². The average molecular weight is 489 g/mol. The molecule has 0 saturated carbocycles. The molecule has 1 aromatic rings.